The number of carboxylic acids is 1. The maximum atomic E-state index is 11.9. The van der Waals surface area contributed by atoms with Crippen molar-refractivity contribution in [2.45, 2.75) is 39.2 Å². The van der Waals surface area contributed by atoms with E-state index in [0.717, 1.165) is 23.3 Å². The number of carboxylic acid groups (broad SMARTS) is 1. The standard InChI is InChI=1S/C21H31NO4S3/c1-21(2,3)26-20(25)22-13-17(10-11-27-4)14-28-29-15-18(19(23)24)12-16-8-6-5-7-9-16/h5-9,14,18H,10-13,15H2,1-4H3,(H,22,25)(H,23,24)/b17-14+/t18-/m1/s1. The Bertz CT molecular complexity index is 660. The first-order chi connectivity index (χ1) is 13.7. The number of ether oxygens (including phenoxy) is 1. The Hall–Kier alpha value is -1.25. The molecule has 1 amide bonds. The molecule has 1 aromatic rings. The third-order valence-electron chi connectivity index (χ3n) is 3.71. The zero-order valence-corrected chi connectivity index (χ0v) is 19.9. The summed E-state index contributed by atoms with van der Waals surface area (Å²) in [6, 6.07) is 9.69. The summed E-state index contributed by atoms with van der Waals surface area (Å²) in [5, 5.41) is 14.3. The van der Waals surface area contributed by atoms with E-state index in [0.29, 0.717) is 18.7 Å². The van der Waals surface area contributed by atoms with Gasteiger partial charge in [0.1, 0.15) is 5.60 Å². The largest absolute Gasteiger partial charge is 0.481 e. The summed E-state index contributed by atoms with van der Waals surface area (Å²) in [5.41, 5.74) is 1.60. The topological polar surface area (TPSA) is 75.6 Å². The first kappa shape index (κ1) is 25.8. The van der Waals surface area contributed by atoms with Crippen molar-refractivity contribution < 1.29 is 19.4 Å². The van der Waals surface area contributed by atoms with Crippen LogP contribution in [0.4, 0.5) is 4.79 Å². The molecule has 29 heavy (non-hydrogen) atoms. The molecule has 0 radical (unpaired) electrons. The molecule has 1 rings (SSSR count). The number of nitrogens with one attached hydrogen (secondary N) is 1. The Morgan fingerprint density at radius 1 is 1.24 bits per heavy atom. The van der Waals surface area contributed by atoms with E-state index in [1.54, 1.807) is 11.8 Å². The minimum absolute atomic E-state index is 0.426. The summed E-state index contributed by atoms with van der Waals surface area (Å²) in [4.78, 5) is 23.4. The molecule has 5 nitrogen and oxygen atoms in total. The van der Waals surface area contributed by atoms with Gasteiger partial charge in [0.25, 0.3) is 0 Å². The molecule has 1 atom stereocenters. The molecule has 0 unspecified atom stereocenters. The van der Waals surface area contributed by atoms with Gasteiger partial charge >= 0.3 is 12.1 Å². The number of benzene rings is 1. The molecule has 162 valence electrons. The molecule has 8 heteroatoms. The van der Waals surface area contributed by atoms with E-state index < -0.39 is 23.6 Å². The second-order valence-corrected chi connectivity index (χ2v) is 10.7. The molecule has 0 spiro atoms. The van der Waals surface area contributed by atoms with Crippen molar-refractivity contribution in [3.05, 3.63) is 46.9 Å². The predicted molar refractivity (Wildman–Crippen MR) is 127 cm³/mol. The number of carbonyl (C=O) groups excluding carboxylic acids is 1. The number of carbonyl (C=O) groups is 2. The Labute approximate surface area is 186 Å². The Morgan fingerprint density at radius 3 is 2.52 bits per heavy atom. The van der Waals surface area contributed by atoms with E-state index in [4.69, 9.17) is 4.74 Å². The lowest BCUT2D eigenvalue weighted by Gasteiger charge is -2.20. The maximum absolute atomic E-state index is 11.9. The fourth-order valence-corrected chi connectivity index (χ4v) is 4.98. The van der Waals surface area contributed by atoms with Crippen LogP contribution in [0.15, 0.2) is 41.3 Å². The van der Waals surface area contributed by atoms with Gasteiger partial charge in [-0.05, 0) is 62.2 Å². The molecule has 0 saturated heterocycles. The van der Waals surface area contributed by atoms with Crippen LogP contribution < -0.4 is 5.32 Å². The molecule has 0 fully saturated rings. The fraction of sp³-hybridized carbons (Fsp3) is 0.524. The van der Waals surface area contributed by atoms with Crippen molar-refractivity contribution >= 4 is 45.4 Å². The summed E-state index contributed by atoms with van der Waals surface area (Å²) in [6.45, 7) is 5.92. The van der Waals surface area contributed by atoms with E-state index in [1.807, 2.05) is 62.8 Å². The Morgan fingerprint density at radius 2 is 1.93 bits per heavy atom. The predicted octanol–water partition coefficient (Wildman–Crippen LogP) is 5.47. The smallest absolute Gasteiger partial charge is 0.407 e. The number of thioether (sulfide) groups is 1. The van der Waals surface area contributed by atoms with Crippen LogP contribution in [0.3, 0.4) is 0 Å². The number of hydrogen-bond donors (Lipinski definition) is 2. The maximum Gasteiger partial charge on any atom is 0.407 e. The Kier molecular flexibility index (Phi) is 12.3. The van der Waals surface area contributed by atoms with Crippen LogP contribution in [0, 0.1) is 5.92 Å². The van der Waals surface area contributed by atoms with E-state index >= 15 is 0 Å². The first-order valence-corrected chi connectivity index (χ1v) is 13.2. The molecule has 2 N–H and O–H groups in total. The van der Waals surface area contributed by atoms with Crippen LogP contribution in [0.5, 0.6) is 0 Å². The quantitative estimate of drug-likeness (QED) is 0.318. The van der Waals surface area contributed by atoms with Crippen LogP contribution in [0.2, 0.25) is 0 Å². The average Bonchev–Trinajstić information content (AvgIpc) is 2.64. The van der Waals surface area contributed by atoms with Gasteiger partial charge in [0.2, 0.25) is 0 Å². The third kappa shape index (κ3) is 12.8. The van der Waals surface area contributed by atoms with Gasteiger partial charge in [-0.15, -0.1) is 0 Å². The van der Waals surface area contributed by atoms with Crippen LogP contribution >= 0.6 is 33.3 Å². The minimum Gasteiger partial charge on any atom is -0.481 e. The highest BCUT2D eigenvalue weighted by molar-refractivity contribution is 8.77. The molecule has 0 bridgehead atoms. The number of alkyl carbamates (subject to hydrolysis) is 1. The first-order valence-electron chi connectivity index (χ1n) is 9.40. The van der Waals surface area contributed by atoms with Crippen molar-refractivity contribution in [2.75, 3.05) is 24.3 Å². The monoisotopic (exact) mass is 457 g/mol. The zero-order chi connectivity index (χ0) is 21.7. The molecule has 0 aliphatic carbocycles. The summed E-state index contributed by atoms with van der Waals surface area (Å²) in [7, 11) is 3.05. The summed E-state index contributed by atoms with van der Waals surface area (Å²) < 4.78 is 5.27. The van der Waals surface area contributed by atoms with Gasteiger partial charge in [0, 0.05) is 12.3 Å². The lowest BCUT2D eigenvalue weighted by Crippen LogP contribution is -2.33. The second-order valence-electron chi connectivity index (χ2n) is 7.48. The van der Waals surface area contributed by atoms with Gasteiger partial charge in [0.05, 0.1) is 5.92 Å². The molecule has 0 saturated carbocycles. The van der Waals surface area contributed by atoms with Gasteiger partial charge < -0.3 is 15.2 Å². The van der Waals surface area contributed by atoms with E-state index in [-0.39, 0.29) is 0 Å². The lowest BCUT2D eigenvalue weighted by molar-refractivity contribution is -0.140. The number of aliphatic carboxylic acids is 1. The van der Waals surface area contributed by atoms with Crippen LogP contribution in [0.25, 0.3) is 0 Å². The van der Waals surface area contributed by atoms with Gasteiger partial charge in [-0.3, -0.25) is 4.79 Å². The normalized spacial score (nSPS) is 13.0. The fourth-order valence-electron chi connectivity index (χ4n) is 2.26. The summed E-state index contributed by atoms with van der Waals surface area (Å²) in [5.74, 6) is 0.262. The third-order valence-corrected chi connectivity index (χ3v) is 6.53. The van der Waals surface area contributed by atoms with E-state index in [1.165, 1.54) is 21.6 Å². The number of rotatable bonds is 12. The molecule has 0 heterocycles. The average molecular weight is 458 g/mol. The second kappa shape index (κ2) is 13.9. The zero-order valence-electron chi connectivity index (χ0n) is 17.5. The van der Waals surface area contributed by atoms with Crippen molar-refractivity contribution in [3.63, 3.8) is 0 Å². The lowest BCUT2D eigenvalue weighted by atomic mass is 10.0. The van der Waals surface area contributed by atoms with Gasteiger partial charge in [-0.1, -0.05) is 51.9 Å². The van der Waals surface area contributed by atoms with E-state index in [9.17, 15) is 14.7 Å². The van der Waals surface area contributed by atoms with Crippen LogP contribution in [-0.2, 0) is 16.0 Å². The summed E-state index contributed by atoms with van der Waals surface area (Å²) >= 11 is 1.74. The highest BCUT2D eigenvalue weighted by Crippen LogP contribution is 2.28. The molecule has 1 aromatic carbocycles. The van der Waals surface area contributed by atoms with Gasteiger partial charge in [-0.25, -0.2) is 4.79 Å². The number of amides is 1. The molecular weight excluding hydrogens is 426 g/mol. The van der Waals surface area contributed by atoms with Crippen molar-refractivity contribution in [3.8, 4) is 0 Å². The molecular formula is C21H31NO4S3. The van der Waals surface area contributed by atoms with Crippen molar-refractivity contribution in [2.24, 2.45) is 5.92 Å². The van der Waals surface area contributed by atoms with Crippen LogP contribution in [-0.4, -0.2) is 47.1 Å². The molecule has 0 aliphatic rings. The Balaban J connectivity index is 2.52. The minimum atomic E-state index is -0.778. The highest BCUT2D eigenvalue weighted by Gasteiger charge is 2.18. The van der Waals surface area contributed by atoms with Gasteiger partial charge in [-0.2, -0.15) is 11.8 Å². The highest BCUT2D eigenvalue weighted by atomic mass is 33.1. The van der Waals surface area contributed by atoms with E-state index in [2.05, 4.69) is 5.32 Å². The summed E-state index contributed by atoms with van der Waals surface area (Å²) in [6.07, 6.45) is 2.99. The van der Waals surface area contributed by atoms with Crippen LogP contribution in [0.1, 0.15) is 32.8 Å². The number of hydrogen-bond acceptors (Lipinski definition) is 6. The van der Waals surface area contributed by atoms with Crippen molar-refractivity contribution in [1.82, 2.24) is 5.32 Å². The molecule has 0 aliphatic heterocycles. The molecule has 0 aromatic heterocycles. The van der Waals surface area contributed by atoms with Crippen molar-refractivity contribution in [1.29, 1.82) is 0 Å². The van der Waals surface area contributed by atoms with Gasteiger partial charge in [0.15, 0.2) is 0 Å². The SMILES string of the molecule is CSCC/C(=C\SSC[C@@H](Cc1ccccc1)C(=O)O)CNC(=O)OC(C)(C)C.